The van der Waals surface area contributed by atoms with Gasteiger partial charge in [0, 0.05) is 7.05 Å². The van der Waals surface area contributed by atoms with Gasteiger partial charge in [-0.05, 0) is 32.9 Å². The lowest BCUT2D eigenvalue weighted by molar-refractivity contribution is -0.123. The molecule has 6 nitrogen and oxygen atoms in total. The zero-order valence-electron chi connectivity index (χ0n) is 12.6. The van der Waals surface area contributed by atoms with Crippen molar-refractivity contribution >= 4 is 40.5 Å². The Kier molecular flexibility index (Phi) is 4.87. The van der Waals surface area contributed by atoms with Crippen LogP contribution in [0.1, 0.15) is 28.0 Å². The van der Waals surface area contributed by atoms with Crippen LogP contribution in [-0.4, -0.2) is 27.8 Å². The number of nitrogens with zero attached hydrogens (tertiary/aromatic N) is 2. The van der Waals surface area contributed by atoms with Crippen LogP contribution in [0.2, 0.25) is 4.34 Å². The summed E-state index contributed by atoms with van der Waals surface area (Å²) in [6.07, 6.45) is -0.924. The van der Waals surface area contributed by atoms with Crippen molar-refractivity contribution in [1.29, 1.82) is 0 Å². The van der Waals surface area contributed by atoms with Crippen LogP contribution in [0.4, 0.5) is 5.69 Å². The van der Waals surface area contributed by atoms with Crippen molar-refractivity contribution in [2.24, 2.45) is 7.05 Å². The number of esters is 1. The second-order valence-electron chi connectivity index (χ2n) is 4.81. The largest absolute Gasteiger partial charge is 0.448 e. The molecule has 2 aromatic rings. The van der Waals surface area contributed by atoms with E-state index in [1.54, 1.807) is 30.8 Å². The van der Waals surface area contributed by atoms with E-state index in [9.17, 15) is 9.59 Å². The molecule has 0 aliphatic carbocycles. The highest BCUT2D eigenvalue weighted by atomic mass is 35.5. The number of amides is 1. The number of halogens is 1. The van der Waals surface area contributed by atoms with Gasteiger partial charge in [-0.3, -0.25) is 9.48 Å². The Bertz CT molecular complexity index is 723. The van der Waals surface area contributed by atoms with E-state index in [1.165, 1.54) is 6.92 Å². The molecule has 8 heteroatoms. The molecule has 0 radical (unpaired) electrons. The van der Waals surface area contributed by atoms with E-state index in [4.69, 9.17) is 16.3 Å². The van der Waals surface area contributed by atoms with E-state index in [0.717, 1.165) is 17.0 Å². The molecule has 1 amide bonds. The number of carbonyl (C=O) groups is 2. The first-order valence-electron chi connectivity index (χ1n) is 6.57. The van der Waals surface area contributed by atoms with Gasteiger partial charge in [0.25, 0.3) is 5.91 Å². The number of ether oxygens (including phenoxy) is 1. The summed E-state index contributed by atoms with van der Waals surface area (Å²) in [5, 5.41) is 6.95. The minimum Gasteiger partial charge on any atom is -0.448 e. The average molecular weight is 342 g/mol. The highest BCUT2D eigenvalue weighted by Crippen LogP contribution is 2.23. The summed E-state index contributed by atoms with van der Waals surface area (Å²) in [7, 11) is 1.79. The lowest BCUT2D eigenvalue weighted by atomic mass is 10.3. The predicted molar refractivity (Wildman–Crippen MR) is 85.5 cm³/mol. The lowest BCUT2D eigenvalue weighted by Gasteiger charge is -2.13. The predicted octanol–water partition coefficient (Wildman–Crippen LogP) is 2.94. The molecule has 0 spiro atoms. The van der Waals surface area contributed by atoms with Crippen LogP contribution in [0.15, 0.2) is 12.1 Å². The van der Waals surface area contributed by atoms with Crippen molar-refractivity contribution in [3.05, 3.63) is 32.7 Å². The number of aromatic nitrogens is 2. The summed E-state index contributed by atoms with van der Waals surface area (Å²) in [6, 6.07) is 3.17. The van der Waals surface area contributed by atoms with Gasteiger partial charge in [-0.2, -0.15) is 5.10 Å². The molecular weight excluding hydrogens is 326 g/mol. The number of hydrogen-bond acceptors (Lipinski definition) is 5. The maximum absolute atomic E-state index is 12.2. The summed E-state index contributed by atoms with van der Waals surface area (Å²) in [5.41, 5.74) is 2.17. The Hall–Kier alpha value is -1.86. The Morgan fingerprint density at radius 2 is 2.09 bits per heavy atom. The first-order chi connectivity index (χ1) is 10.3. The average Bonchev–Trinajstić information content (AvgIpc) is 2.98. The topological polar surface area (TPSA) is 73.2 Å². The molecular formula is C14H16ClN3O3S. The molecule has 0 aliphatic rings. The van der Waals surface area contributed by atoms with Gasteiger partial charge in [0.15, 0.2) is 6.10 Å². The molecule has 0 saturated heterocycles. The zero-order valence-corrected chi connectivity index (χ0v) is 14.2. The normalized spacial score (nSPS) is 12.0. The number of thiophene rings is 1. The second kappa shape index (κ2) is 6.50. The van der Waals surface area contributed by atoms with E-state index in [1.807, 2.05) is 6.92 Å². The molecule has 1 N–H and O–H groups in total. The Balaban J connectivity index is 2.02. The molecule has 0 unspecified atom stereocenters. The summed E-state index contributed by atoms with van der Waals surface area (Å²) in [4.78, 5) is 24.4. The standard InChI is InChI=1S/C14H16ClN3O3S/c1-7-12(8(2)18(4)17-7)16-13(19)9(3)21-14(20)10-5-6-11(15)22-10/h5-6,9H,1-4H3,(H,16,19)/t9-/m1/s1. The number of aryl methyl sites for hydroxylation is 2. The molecule has 0 fully saturated rings. The monoisotopic (exact) mass is 341 g/mol. The molecule has 0 aliphatic heterocycles. The van der Waals surface area contributed by atoms with Crippen molar-refractivity contribution in [2.45, 2.75) is 26.9 Å². The quantitative estimate of drug-likeness (QED) is 0.868. The van der Waals surface area contributed by atoms with Crippen LogP contribution in [0.3, 0.4) is 0 Å². The molecule has 0 saturated carbocycles. The van der Waals surface area contributed by atoms with Gasteiger partial charge in [0.05, 0.1) is 21.4 Å². The van der Waals surface area contributed by atoms with Gasteiger partial charge >= 0.3 is 5.97 Å². The molecule has 0 bridgehead atoms. The first kappa shape index (κ1) is 16.5. The number of anilines is 1. The summed E-state index contributed by atoms with van der Waals surface area (Å²) in [6.45, 7) is 5.16. The third kappa shape index (κ3) is 3.48. The highest BCUT2D eigenvalue weighted by molar-refractivity contribution is 7.17. The van der Waals surface area contributed by atoms with Gasteiger partial charge < -0.3 is 10.1 Å². The fourth-order valence-electron chi connectivity index (χ4n) is 1.88. The molecule has 2 aromatic heterocycles. The second-order valence-corrected chi connectivity index (χ2v) is 6.53. The Morgan fingerprint density at radius 3 is 2.59 bits per heavy atom. The lowest BCUT2D eigenvalue weighted by Crippen LogP contribution is -2.30. The maximum atomic E-state index is 12.2. The van der Waals surface area contributed by atoms with E-state index in [-0.39, 0.29) is 0 Å². The van der Waals surface area contributed by atoms with Crippen LogP contribution in [0.25, 0.3) is 0 Å². The van der Waals surface area contributed by atoms with Gasteiger partial charge in [-0.15, -0.1) is 11.3 Å². The van der Waals surface area contributed by atoms with E-state index in [0.29, 0.717) is 20.6 Å². The molecule has 1 atom stereocenters. The fourth-order valence-corrected chi connectivity index (χ4v) is 2.80. The maximum Gasteiger partial charge on any atom is 0.349 e. The van der Waals surface area contributed by atoms with Crippen LogP contribution in [0, 0.1) is 13.8 Å². The number of carbonyl (C=O) groups excluding carboxylic acids is 2. The minimum atomic E-state index is -0.924. The highest BCUT2D eigenvalue weighted by Gasteiger charge is 2.22. The van der Waals surface area contributed by atoms with E-state index >= 15 is 0 Å². The van der Waals surface area contributed by atoms with E-state index in [2.05, 4.69) is 10.4 Å². The molecule has 2 heterocycles. The summed E-state index contributed by atoms with van der Waals surface area (Å²) >= 11 is 6.88. The molecule has 118 valence electrons. The van der Waals surface area contributed by atoms with Crippen LogP contribution >= 0.6 is 22.9 Å². The first-order valence-corrected chi connectivity index (χ1v) is 7.76. The van der Waals surface area contributed by atoms with Gasteiger partial charge in [0.2, 0.25) is 0 Å². The third-order valence-corrected chi connectivity index (χ3v) is 4.40. The van der Waals surface area contributed by atoms with Crippen molar-refractivity contribution in [2.75, 3.05) is 5.32 Å². The SMILES string of the molecule is Cc1nn(C)c(C)c1NC(=O)[C@@H](C)OC(=O)c1ccc(Cl)s1. The van der Waals surface area contributed by atoms with Crippen molar-refractivity contribution < 1.29 is 14.3 Å². The molecule has 0 aromatic carbocycles. The van der Waals surface area contributed by atoms with Gasteiger partial charge in [-0.25, -0.2) is 4.79 Å². The van der Waals surface area contributed by atoms with Gasteiger partial charge in [-0.1, -0.05) is 11.6 Å². The van der Waals surface area contributed by atoms with Crippen LogP contribution in [0.5, 0.6) is 0 Å². The van der Waals surface area contributed by atoms with Crippen LogP contribution < -0.4 is 5.32 Å². The fraction of sp³-hybridized carbons (Fsp3) is 0.357. The minimum absolute atomic E-state index is 0.360. The Labute approximate surface area is 137 Å². The Morgan fingerprint density at radius 1 is 1.41 bits per heavy atom. The number of nitrogens with one attached hydrogen (secondary N) is 1. The van der Waals surface area contributed by atoms with E-state index < -0.39 is 18.0 Å². The van der Waals surface area contributed by atoms with Crippen molar-refractivity contribution in [3.63, 3.8) is 0 Å². The van der Waals surface area contributed by atoms with Crippen LogP contribution in [-0.2, 0) is 16.6 Å². The third-order valence-electron chi connectivity index (χ3n) is 3.18. The smallest absolute Gasteiger partial charge is 0.349 e. The van der Waals surface area contributed by atoms with Gasteiger partial charge in [0.1, 0.15) is 4.88 Å². The summed E-state index contributed by atoms with van der Waals surface area (Å²) in [5.74, 6) is -0.977. The van der Waals surface area contributed by atoms with Crippen molar-refractivity contribution in [3.8, 4) is 0 Å². The van der Waals surface area contributed by atoms with Crippen molar-refractivity contribution in [1.82, 2.24) is 9.78 Å². The number of hydrogen-bond donors (Lipinski definition) is 1. The molecule has 2 rings (SSSR count). The zero-order chi connectivity index (χ0) is 16.4. The number of rotatable bonds is 4. The molecule has 22 heavy (non-hydrogen) atoms. The summed E-state index contributed by atoms with van der Waals surface area (Å²) < 4.78 is 7.31.